The fourth-order valence-electron chi connectivity index (χ4n) is 4.63. The van der Waals surface area contributed by atoms with Crippen LogP contribution in [0.2, 0.25) is 0 Å². The van der Waals surface area contributed by atoms with E-state index in [0.717, 1.165) is 54.8 Å². The number of piperidine rings is 1. The van der Waals surface area contributed by atoms with Gasteiger partial charge in [0, 0.05) is 25.2 Å². The van der Waals surface area contributed by atoms with Crippen LogP contribution in [-0.2, 0) is 6.54 Å². The van der Waals surface area contributed by atoms with Crippen LogP contribution in [-0.4, -0.2) is 36.1 Å². The lowest BCUT2D eigenvalue weighted by Crippen LogP contribution is -2.41. The highest BCUT2D eigenvalue weighted by atomic mass is 16.1. The largest absolute Gasteiger partial charge is 0.321 e. The number of pyridine rings is 1. The molecular formula is C20H27N3O. The van der Waals surface area contributed by atoms with Crippen molar-refractivity contribution in [2.75, 3.05) is 26.2 Å². The third-order valence-corrected chi connectivity index (χ3v) is 5.84. The summed E-state index contributed by atoms with van der Waals surface area (Å²) < 4.78 is 0. The molecule has 0 amide bonds. The van der Waals surface area contributed by atoms with Crippen LogP contribution in [0.3, 0.4) is 0 Å². The minimum atomic E-state index is 0.0668. The van der Waals surface area contributed by atoms with E-state index in [1.807, 2.05) is 0 Å². The fourth-order valence-corrected chi connectivity index (χ4v) is 4.63. The molecule has 4 rings (SSSR count). The van der Waals surface area contributed by atoms with Crippen LogP contribution in [0.15, 0.2) is 23.0 Å². The Balaban J connectivity index is 1.59. The van der Waals surface area contributed by atoms with Crippen molar-refractivity contribution >= 4 is 10.9 Å². The molecule has 2 aliphatic heterocycles. The van der Waals surface area contributed by atoms with Crippen LogP contribution in [0.4, 0.5) is 0 Å². The van der Waals surface area contributed by atoms with E-state index in [2.05, 4.69) is 47.2 Å². The van der Waals surface area contributed by atoms with Gasteiger partial charge < -0.3 is 10.3 Å². The molecule has 2 fully saturated rings. The maximum absolute atomic E-state index is 12.5. The Kier molecular flexibility index (Phi) is 3.97. The summed E-state index contributed by atoms with van der Waals surface area (Å²) in [7, 11) is 0. The van der Waals surface area contributed by atoms with Gasteiger partial charge in [0.05, 0.1) is 5.52 Å². The number of H-pyrrole nitrogens is 1. The van der Waals surface area contributed by atoms with Gasteiger partial charge >= 0.3 is 0 Å². The number of aryl methyl sites for hydroxylation is 2. The van der Waals surface area contributed by atoms with Crippen molar-refractivity contribution in [3.05, 3.63) is 45.2 Å². The Labute approximate surface area is 143 Å². The molecule has 3 heterocycles. The Hall–Kier alpha value is -1.65. The SMILES string of the molecule is Cc1cc(C)c2[nH]c(=O)c(CN3CC[C@@]4(CCCNC4)C3)cc2c1. The van der Waals surface area contributed by atoms with Gasteiger partial charge in [0.1, 0.15) is 0 Å². The normalized spacial score (nSPS) is 24.9. The summed E-state index contributed by atoms with van der Waals surface area (Å²) in [5, 5.41) is 4.70. The van der Waals surface area contributed by atoms with Crippen LogP contribution < -0.4 is 10.9 Å². The third-order valence-electron chi connectivity index (χ3n) is 5.84. The molecule has 4 nitrogen and oxygen atoms in total. The second-order valence-electron chi connectivity index (χ2n) is 7.91. The van der Waals surface area contributed by atoms with E-state index >= 15 is 0 Å². The van der Waals surface area contributed by atoms with Gasteiger partial charge in [0.2, 0.25) is 0 Å². The molecule has 0 radical (unpaired) electrons. The number of hydrogen-bond acceptors (Lipinski definition) is 3. The minimum absolute atomic E-state index is 0.0668. The lowest BCUT2D eigenvalue weighted by Gasteiger charge is -2.34. The summed E-state index contributed by atoms with van der Waals surface area (Å²) in [6.45, 7) is 9.44. The summed E-state index contributed by atoms with van der Waals surface area (Å²) in [6.07, 6.45) is 3.86. The van der Waals surface area contributed by atoms with Gasteiger partial charge in [-0.3, -0.25) is 9.69 Å². The number of aromatic amines is 1. The predicted molar refractivity (Wildman–Crippen MR) is 98.5 cm³/mol. The molecule has 1 aromatic carbocycles. The molecule has 24 heavy (non-hydrogen) atoms. The van der Waals surface area contributed by atoms with Gasteiger partial charge in [-0.15, -0.1) is 0 Å². The van der Waals surface area contributed by atoms with Crippen LogP contribution in [0, 0.1) is 19.3 Å². The van der Waals surface area contributed by atoms with Gasteiger partial charge in [-0.05, 0) is 74.7 Å². The second-order valence-corrected chi connectivity index (χ2v) is 7.91. The average molecular weight is 325 g/mol. The Morgan fingerprint density at radius 2 is 2.08 bits per heavy atom. The topological polar surface area (TPSA) is 48.1 Å². The van der Waals surface area contributed by atoms with Gasteiger partial charge in [-0.1, -0.05) is 11.6 Å². The number of hydrogen-bond donors (Lipinski definition) is 2. The number of benzene rings is 1. The molecule has 0 unspecified atom stereocenters. The molecule has 2 aliphatic rings. The van der Waals surface area contributed by atoms with Crippen molar-refractivity contribution in [2.45, 2.75) is 39.7 Å². The number of likely N-dealkylation sites (tertiary alicyclic amines) is 1. The van der Waals surface area contributed by atoms with Crippen molar-refractivity contribution < 1.29 is 0 Å². The summed E-state index contributed by atoms with van der Waals surface area (Å²) >= 11 is 0. The third kappa shape index (κ3) is 2.89. The van der Waals surface area contributed by atoms with Crippen molar-refractivity contribution in [3.63, 3.8) is 0 Å². The molecular weight excluding hydrogens is 298 g/mol. The van der Waals surface area contributed by atoms with E-state index in [1.165, 1.54) is 24.8 Å². The highest BCUT2D eigenvalue weighted by Gasteiger charge is 2.38. The molecule has 1 spiro atoms. The van der Waals surface area contributed by atoms with Gasteiger partial charge in [-0.25, -0.2) is 0 Å². The lowest BCUT2D eigenvalue weighted by atomic mass is 9.80. The first-order chi connectivity index (χ1) is 11.5. The van der Waals surface area contributed by atoms with Crippen molar-refractivity contribution in [2.24, 2.45) is 5.41 Å². The van der Waals surface area contributed by atoms with Crippen molar-refractivity contribution in [3.8, 4) is 0 Å². The van der Waals surface area contributed by atoms with Crippen molar-refractivity contribution in [1.82, 2.24) is 15.2 Å². The van der Waals surface area contributed by atoms with Gasteiger partial charge in [0.25, 0.3) is 5.56 Å². The highest BCUT2D eigenvalue weighted by Crippen LogP contribution is 2.36. The Bertz CT molecular complexity index is 817. The molecule has 1 atom stereocenters. The zero-order chi connectivity index (χ0) is 16.7. The zero-order valence-corrected chi connectivity index (χ0v) is 14.7. The van der Waals surface area contributed by atoms with E-state index in [4.69, 9.17) is 0 Å². The standard InChI is InChI=1S/C20H27N3O/c1-14-8-15(2)18-16(9-14)10-17(19(24)22-18)11-23-7-5-20(13-23)4-3-6-21-12-20/h8-10,21H,3-7,11-13H2,1-2H3,(H,22,24)/t20-/m1/s1. The van der Waals surface area contributed by atoms with Crippen molar-refractivity contribution in [1.29, 1.82) is 0 Å². The Morgan fingerprint density at radius 1 is 1.21 bits per heavy atom. The zero-order valence-electron chi connectivity index (χ0n) is 14.7. The molecule has 2 aromatic rings. The van der Waals surface area contributed by atoms with E-state index < -0.39 is 0 Å². The van der Waals surface area contributed by atoms with Crippen LogP contribution >= 0.6 is 0 Å². The smallest absolute Gasteiger partial charge is 0.252 e. The monoisotopic (exact) mass is 325 g/mol. The Morgan fingerprint density at radius 3 is 2.88 bits per heavy atom. The van der Waals surface area contributed by atoms with Crippen LogP contribution in [0.5, 0.6) is 0 Å². The molecule has 0 saturated carbocycles. The summed E-state index contributed by atoms with van der Waals surface area (Å²) in [5.41, 5.74) is 4.76. The predicted octanol–water partition coefficient (Wildman–Crippen LogP) is 2.72. The molecule has 0 bridgehead atoms. The van der Waals surface area contributed by atoms with Crippen LogP contribution in [0.1, 0.15) is 36.0 Å². The van der Waals surface area contributed by atoms with E-state index in [9.17, 15) is 4.79 Å². The first kappa shape index (κ1) is 15.9. The molecule has 0 aliphatic carbocycles. The number of rotatable bonds is 2. The maximum atomic E-state index is 12.5. The summed E-state index contributed by atoms with van der Waals surface area (Å²) in [4.78, 5) is 18.1. The van der Waals surface area contributed by atoms with Gasteiger partial charge in [-0.2, -0.15) is 0 Å². The average Bonchev–Trinajstić information content (AvgIpc) is 2.92. The van der Waals surface area contributed by atoms with E-state index in [1.54, 1.807) is 0 Å². The first-order valence-electron chi connectivity index (χ1n) is 9.11. The van der Waals surface area contributed by atoms with Gasteiger partial charge in [0.15, 0.2) is 0 Å². The lowest BCUT2D eigenvalue weighted by molar-refractivity contribution is 0.199. The first-order valence-corrected chi connectivity index (χ1v) is 9.11. The number of aromatic nitrogens is 1. The maximum Gasteiger partial charge on any atom is 0.252 e. The number of nitrogens with one attached hydrogen (secondary N) is 2. The molecule has 1 aromatic heterocycles. The summed E-state index contributed by atoms with van der Waals surface area (Å²) in [6, 6.07) is 6.38. The van der Waals surface area contributed by atoms with E-state index in [-0.39, 0.29) is 5.56 Å². The van der Waals surface area contributed by atoms with Crippen LogP contribution in [0.25, 0.3) is 10.9 Å². The minimum Gasteiger partial charge on any atom is -0.321 e. The molecule has 2 N–H and O–H groups in total. The summed E-state index contributed by atoms with van der Waals surface area (Å²) in [5.74, 6) is 0. The number of fused-ring (bicyclic) bond motifs is 1. The molecule has 4 heteroatoms. The molecule has 128 valence electrons. The quantitative estimate of drug-likeness (QED) is 0.892. The number of nitrogens with zero attached hydrogens (tertiary/aromatic N) is 1. The second kappa shape index (κ2) is 6.01. The fraction of sp³-hybridized carbons (Fsp3) is 0.550. The molecule has 2 saturated heterocycles. The van der Waals surface area contributed by atoms with E-state index in [0.29, 0.717) is 5.41 Å². The highest BCUT2D eigenvalue weighted by molar-refractivity contribution is 5.82.